The van der Waals surface area contributed by atoms with E-state index < -0.39 is 43.7 Å². The Hall–Kier alpha value is -3.85. The second-order valence-corrected chi connectivity index (χ2v) is 11.0. The highest BCUT2D eigenvalue weighted by Crippen LogP contribution is 2.48. The number of thiazole rings is 1. The highest BCUT2D eigenvalue weighted by Gasteiger charge is 2.56. The van der Waals surface area contributed by atoms with Gasteiger partial charge >= 0.3 is 6.18 Å². The molecule has 10 nitrogen and oxygen atoms in total. The van der Waals surface area contributed by atoms with Crippen LogP contribution >= 0.6 is 11.3 Å². The van der Waals surface area contributed by atoms with Crippen molar-refractivity contribution in [3.63, 3.8) is 0 Å². The Kier molecular flexibility index (Phi) is 6.30. The number of nitrogens with one attached hydrogen (secondary N) is 2. The van der Waals surface area contributed by atoms with Gasteiger partial charge in [-0.15, -0.1) is 0 Å². The lowest BCUT2D eigenvalue weighted by Crippen LogP contribution is -2.35. The van der Waals surface area contributed by atoms with Crippen LogP contribution in [0.5, 0.6) is 0 Å². The molecule has 1 aliphatic rings. The van der Waals surface area contributed by atoms with Gasteiger partial charge in [0.25, 0.3) is 5.69 Å². The summed E-state index contributed by atoms with van der Waals surface area (Å²) in [5.74, 6) is -1.57. The number of amides is 2. The molecule has 1 heterocycles. The van der Waals surface area contributed by atoms with Crippen LogP contribution in [0.1, 0.15) is 18.4 Å². The highest BCUT2D eigenvalue weighted by atomic mass is 32.2. The first-order chi connectivity index (χ1) is 16.8. The fraction of sp³-hybridized carbons (Fsp3) is 0.190. The molecule has 3 aromatic rings. The number of anilines is 2. The first kappa shape index (κ1) is 25.2. The van der Waals surface area contributed by atoms with Crippen molar-refractivity contribution in [1.29, 1.82) is 0 Å². The normalized spacial score (nSPS) is 14.6. The van der Waals surface area contributed by atoms with Crippen molar-refractivity contribution in [3.05, 3.63) is 70.4 Å². The number of aromatic nitrogens is 1. The number of sulfone groups is 1. The van der Waals surface area contributed by atoms with Crippen molar-refractivity contribution in [2.45, 2.75) is 28.1 Å². The summed E-state index contributed by atoms with van der Waals surface area (Å²) < 4.78 is 64.0. The SMILES string of the molecule is O=C(Nc1cccc(C(F)(F)F)c1)C1(C(=O)Nc2ncc(S(=O)(=O)c3ccc([N+](=O)[O-])cc3)s2)CC1. The van der Waals surface area contributed by atoms with Gasteiger partial charge in [-0.25, -0.2) is 13.4 Å². The Balaban J connectivity index is 1.46. The zero-order valence-electron chi connectivity index (χ0n) is 17.9. The van der Waals surface area contributed by atoms with E-state index in [-0.39, 0.29) is 38.5 Å². The molecule has 0 spiro atoms. The molecule has 1 aromatic heterocycles. The van der Waals surface area contributed by atoms with E-state index in [0.29, 0.717) is 11.3 Å². The minimum absolute atomic E-state index is 0.112. The number of benzene rings is 2. The van der Waals surface area contributed by atoms with Gasteiger partial charge in [0.2, 0.25) is 21.7 Å². The lowest BCUT2D eigenvalue weighted by molar-refractivity contribution is -0.384. The first-order valence-electron chi connectivity index (χ1n) is 10.1. The van der Waals surface area contributed by atoms with Gasteiger partial charge < -0.3 is 10.6 Å². The van der Waals surface area contributed by atoms with Gasteiger partial charge in [0.1, 0.15) is 9.62 Å². The fourth-order valence-corrected chi connectivity index (χ4v) is 5.66. The number of nitro benzene ring substituents is 1. The molecule has 0 saturated heterocycles. The molecule has 2 aromatic carbocycles. The van der Waals surface area contributed by atoms with Crippen LogP contribution < -0.4 is 10.6 Å². The molecule has 0 unspecified atom stereocenters. The fourth-order valence-electron chi connectivity index (χ4n) is 3.23. The second kappa shape index (κ2) is 8.98. The van der Waals surface area contributed by atoms with E-state index in [1.807, 2.05) is 0 Å². The summed E-state index contributed by atoms with van der Waals surface area (Å²) in [5.41, 5.74) is -2.90. The summed E-state index contributed by atoms with van der Waals surface area (Å²) in [6, 6.07) is 8.21. The lowest BCUT2D eigenvalue weighted by atomic mass is 10.0. The number of carbonyl (C=O) groups is 2. The average Bonchev–Trinajstić information content (AvgIpc) is 3.51. The second-order valence-electron chi connectivity index (χ2n) is 7.81. The van der Waals surface area contributed by atoms with E-state index in [1.54, 1.807) is 0 Å². The zero-order chi connectivity index (χ0) is 26.3. The molecule has 15 heteroatoms. The van der Waals surface area contributed by atoms with Gasteiger partial charge in [-0.05, 0) is 43.2 Å². The number of hydrogen-bond acceptors (Lipinski definition) is 8. The van der Waals surface area contributed by atoms with Gasteiger partial charge in [-0.3, -0.25) is 19.7 Å². The maximum absolute atomic E-state index is 12.9. The number of rotatable bonds is 7. The standard InChI is InChI=1S/C21H15F3N4O6S2/c22-21(23,24)12-2-1-3-13(10-12)26-17(29)20(8-9-20)18(30)27-19-25-11-16(35-19)36(33,34)15-6-4-14(5-7-15)28(31)32/h1-7,10-11H,8-9H2,(H,26,29)(H,25,27,30). The summed E-state index contributed by atoms with van der Waals surface area (Å²) in [5, 5.41) is 15.4. The summed E-state index contributed by atoms with van der Waals surface area (Å²) in [7, 11) is -4.08. The molecule has 2 N–H and O–H groups in total. The smallest absolute Gasteiger partial charge is 0.325 e. The lowest BCUT2D eigenvalue weighted by Gasteiger charge is -2.15. The van der Waals surface area contributed by atoms with E-state index in [2.05, 4.69) is 15.6 Å². The average molecular weight is 541 g/mol. The molecule has 0 aliphatic heterocycles. The number of carbonyl (C=O) groups excluding carboxylic acids is 2. The van der Waals surface area contributed by atoms with Crippen LogP contribution in [0.4, 0.5) is 29.7 Å². The van der Waals surface area contributed by atoms with Crippen LogP contribution in [-0.2, 0) is 25.6 Å². The maximum Gasteiger partial charge on any atom is 0.416 e. The molecular formula is C21H15F3N4O6S2. The van der Waals surface area contributed by atoms with Crippen LogP contribution in [0.3, 0.4) is 0 Å². The molecule has 188 valence electrons. The van der Waals surface area contributed by atoms with Gasteiger partial charge in [-0.1, -0.05) is 17.4 Å². The number of alkyl halides is 3. The molecule has 0 atom stereocenters. The number of halogens is 3. The van der Waals surface area contributed by atoms with E-state index in [9.17, 15) is 41.3 Å². The molecule has 0 bridgehead atoms. The van der Waals surface area contributed by atoms with Crippen molar-refractivity contribution < 1.29 is 36.1 Å². The third-order valence-corrected chi connectivity index (χ3v) is 8.54. The Morgan fingerprint density at radius 1 is 1.06 bits per heavy atom. The van der Waals surface area contributed by atoms with Gasteiger partial charge in [0, 0.05) is 17.8 Å². The molecule has 4 rings (SSSR count). The number of nitrogens with zero attached hydrogens (tertiary/aromatic N) is 2. The predicted octanol–water partition coefficient (Wildman–Crippen LogP) is 4.26. The highest BCUT2D eigenvalue weighted by molar-refractivity contribution is 7.93. The van der Waals surface area contributed by atoms with E-state index in [4.69, 9.17) is 0 Å². The minimum Gasteiger partial charge on any atom is -0.325 e. The summed E-state index contributed by atoms with van der Waals surface area (Å²) >= 11 is 0.616. The van der Waals surface area contributed by atoms with Crippen molar-refractivity contribution in [2.75, 3.05) is 10.6 Å². The molecule has 2 amide bonds. The van der Waals surface area contributed by atoms with Crippen LogP contribution in [-0.4, -0.2) is 30.1 Å². The number of hydrogen-bond donors (Lipinski definition) is 2. The monoisotopic (exact) mass is 540 g/mol. The Labute approximate surface area is 205 Å². The number of nitro groups is 1. The first-order valence-corrected chi connectivity index (χ1v) is 12.4. The van der Waals surface area contributed by atoms with Crippen molar-refractivity contribution in [2.24, 2.45) is 5.41 Å². The Bertz CT molecular complexity index is 1470. The number of non-ortho nitro benzene ring substituents is 1. The third kappa shape index (κ3) is 4.92. The van der Waals surface area contributed by atoms with Crippen molar-refractivity contribution in [3.8, 4) is 0 Å². The molecule has 1 saturated carbocycles. The quantitative estimate of drug-likeness (QED) is 0.258. The van der Waals surface area contributed by atoms with Crippen LogP contribution in [0.2, 0.25) is 0 Å². The molecule has 36 heavy (non-hydrogen) atoms. The Morgan fingerprint density at radius 3 is 2.28 bits per heavy atom. The van der Waals surface area contributed by atoms with Crippen LogP contribution in [0.15, 0.2) is 63.8 Å². The van der Waals surface area contributed by atoms with Crippen molar-refractivity contribution >= 4 is 49.5 Å². The van der Waals surface area contributed by atoms with E-state index in [0.717, 1.165) is 48.7 Å². The van der Waals surface area contributed by atoms with Crippen molar-refractivity contribution in [1.82, 2.24) is 4.98 Å². The van der Waals surface area contributed by atoms with E-state index in [1.165, 1.54) is 6.07 Å². The van der Waals surface area contributed by atoms with Crippen LogP contribution in [0.25, 0.3) is 0 Å². The van der Waals surface area contributed by atoms with Gasteiger partial charge in [0.05, 0.1) is 21.6 Å². The largest absolute Gasteiger partial charge is 0.416 e. The molecule has 1 aliphatic carbocycles. The van der Waals surface area contributed by atoms with Crippen LogP contribution in [0, 0.1) is 15.5 Å². The zero-order valence-corrected chi connectivity index (χ0v) is 19.5. The van der Waals surface area contributed by atoms with E-state index >= 15 is 0 Å². The summed E-state index contributed by atoms with van der Waals surface area (Å²) in [6.07, 6.45) is -3.32. The minimum atomic E-state index is -4.60. The molecule has 0 radical (unpaired) electrons. The summed E-state index contributed by atoms with van der Waals surface area (Å²) in [4.78, 5) is 39.2. The summed E-state index contributed by atoms with van der Waals surface area (Å²) in [6.45, 7) is 0. The molecule has 1 fully saturated rings. The van der Waals surface area contributed by atoms with Gasteiger partial charge in [-0.2, -0.15) is 13.2 Å². The maximum atomic E-state index is 12.9. The topological polar surface area (TPSA) is 148 Å². The van der Waals surface area contributed by atoms with Gasteiger partial charge in [0.15, 0.2) is 5.13 Å². The Morgan fingerprint density at radius 2 is 1.69 bits per heavy atom. The predicted molar refractivity (Wildman–Crippen MR) is 121 cm³/mol. The third-order valence-electron chi connectivity index (χ3n) is 5.39. The molecular weight excluding hydrogens is 525 g/mol.